The van der Waals surface area contributed by atoms with E-state index in [0.29, 0.717) is 11.0 Å². The fraction of sp³-hybridized carbons (Fsp3) is 0.833. The molecule has 0 radical (unpaired) electrons. The van der Waals surface area contributed by atoms with Crippen molar-refractivity contribution in [2.24, 2.45) is 5.92 Å². The fourth-order valence-electron chi connectivity index (χ4n) is 1.21. The van der Waals surface area contributed by atoms with Crippen molar-refractivity contribution in [3.05, 3.63) is 9.66 Å². The Morgan fingerprint density at radius 1 is 1.40 bits per heavy atom. The molecule has 90 valence electrons. The minimum absolute atomic E-state index is 0.318. The summed E-state index contributed by atoms with van der Waals surface area (Å²) in [6, 6.07) is 0. The molecule has 0 spiro atoms. The average Bonchev–Trinajstić information content (AvgIpc) is 2.13. The molecule has 0 aromatic carbocycles. The van der Waals surface area contributed by atoms with Crippen molar-refractivity contribution in [1.82, 2.24) is 0 Å². The molecule has 0 aromatic heterocycles. The SMILES string of the molecule is C/C(=C\I)CO[Si](C)(C)C(C)(C)C(C)C. The fourth-order valence-corrected chi connectivity index (χ4v) is 3.74. The zero-order valence-corrected chi connectivity index (χ0v) is 14.3. The third-order valence-electron chi connectivity index (χ3n) is 3.84. The van der Waals surface area contributed by atoms with Crippen molar-refractivity contribution < 1.29 is 4.43 Å². The van der Waals surface area contributed by atoms with Gasteiger partial charge in [0.2, 0.25) is 0 Å². The summed E-state index contributed by atoms with van der Waals surface area (Å²) in [5.74, 6) is 0.669. The first-order valence-corrected chi connectivity index (χ1v) is 9.70. The smallest absolute Gasteiger partial charge is 0.193 e. The molecule has 15 heavy (non-hydrogen) atoms. The van der Waals surface area contributed by atoms with Crippen LogP contribution >= 0.6 is 22.6 Å². The Balaban J connectivity index is 4.54. The summed E-state index contributed by atoms with van der Waals surface area (Å²) in [6.45, 7) is 16.8. The van der Waals surface area contributed by atoms with E-state index < -0.39 is 8.32 Å². The van der Waals surface area contributed by atoms with Gasteiger partial charge >= 0.3 is 0 Å². The molecular weight excluding hydrogens is 315 g/mol. The third kappa shape index (κ3) is 4.19. The van der Waals surface area contributed by atoms with Crippen LogP contribution < -0.4 is 0 Å². The van der Waals surface area contributed by atoms with Crippen molar-refractivity contribution in [1.29, 1.82) is 0 Å². The van der Waals surface area contributed by atoms with Crippen molar-refractivity contribution >= 4 is 30.9 Å². The maximum Gasteiger partial charge on any atom is 0.193 e. The van der Waals surface area contributed by atoms with Gasteiger partial charge in [0.25, 0.3) is 0 Å². The topological polar surface area (TPSA) is 9.23 Å². The Morgan fingerprint density at radius 3 is 2.20 bits per heavy atom. The van der Waals surface area contributed by atoms with Gasteiger partial charge in [-0.25, -0.2) is 0 Å². The Kier molecular flexibility index (Phi) is 6.07. The number of hydrogen-bond acceptors (Lipinski definition) is 1. The van der Waals surface area contributed by atoms with E-state index >= 15 is 0 Å². The summed E-state index contributed by atoms with van der Waals surface area (Å²) in [7, 11) is -1.62. The zero-order valence-electron chi connectivity index (χ0n) is 11.1. The van der Waals surface area contributed by atoms with Crippen molar-refractivity contribution in [2.75, 3.05) is 6.61 Å². The van der Waals surface area contributed by atoms with E-state index in [1.165, 1.54) is 5.57 Å². The van der Waals surface area contributed by atoms with Crippen molar-refractivity contribution in [3.8, 4) is 0 Å². The highest BCUT2D eigenvalue weighted by Gasteiger charge is 2.43. The molecule has 0 aromatic rings. The normalized spacial score (nSPS) is 14.9. The molecule has 0 amide bonds. The summed E-state index contributed by atoms with van der Waals surface area (Å²) in [5, 5.41) is 0.318. The van der Waals surface area contributed by atoms with E-state index in [4.69, 9.17) is 4.43 Å². The maximum absolute atomic E-state index is 6.17. The lowest BCUT2D eigenvalue weighted by Gasteiger charge is -2.42. The molecule has 3 heteroatoms. The molecule has 0 atom stereocenters. The maximum atomic E-state index is 6.17. The summed E-state index contributed by atoms with van der Waals surface area (Å²) in [5.41, 5.74) is 1.32. The van der Waals surface area contributed by atoms with Gasteiger partial charge in [0, 0.05) is 0 Å². The average molecular weight is 340 g/mol. The lowest BCUT2D eigenvalue weighted by molar-refractivity contribution is 0.291. The molecule has 0 unspecified atom stereocenters. The molecule has 0 aliphatic carbocycles. The van der Waals surface area contributed by atoms with Gasteiger partial charge in [0.15, 0.2) is 8.32 Å². The summed E-state index contributed by atoms with van der Waals surface area (Å²) < 4.78 is 8.28. The lowest BCUT2D eigenvalue weighted by Crippen LogP contribution is -2.45. The standard InChI is InChI=1S/C12H25IOSi/c1-10(2)12(4,5)15(6,7)14-9-11(3)8-13/h8,10H,9H2,1-7H3/b11-8+. The number of halogens is 1. The van der Waals surface area contributed by atoms with Crippen LogP contribution in [0.1, 0.15) is 34.6 Å². The van der Waals surface area contributed by atoms with Crippen LogP contribution in [0.2, 0.25) is 18.1 Å². The van der Waals surface area contributed by atoms with Gasteiger partial charge in [-0.05, 0) is 40.6 Å². The second-order valence-corrected chi connectivity index (χ2v) is 10.9. The van der Waals surface area contributed by atoms with Crippen LogP contribution in [0.5, 0.6) is 0 Å². The first-order valence-electron chi connectivity index (χ1n) is 5.55. The van der Waals surface area contributed by atoms with Gasteiger partial charge in [-0.1, -0.05) is 50.3 Å². The Labute approximate surface area is 110 Å². The van der Waals surface area contributed by atoms with Crippen molar-refractivity contribution in [3.63, 3.8) is 0 Å². The lowest BCUT2D eigenvalue weighted by atomic mass is 9.99. The highest BCUT2D eigenvalue weighted by Crippen LogP contribution is 2.44. The van der Waals surface area contributed by atoms with E-state index in [1.807, 2.05) is 0 Å². The van der Waals surface area contributed by atoms with Gasteiger partial charge < -0.3 is 4.43 Å². The predicted octanol–water partition coefficient (Wildman–Crippen LogP) is 4.98. The molecule has 0 saturated carbocycles. The molecule has 0 aliphatic heterocycles. The first kappa shape index (κ1) is 15.6. The second kappa shape index (κ2) is 5.82. The van der Waals surface area contributed by atoms with E-state index in [9.17, 15) is 0 Å². The number of hydrogen-bond donors (Lipinski definition) is 0. The minimum Gasteiger partial charge on any atom is -0.413 e. The molecule has 0 N–H and O–H groups in total. The van der Waals surface area contributed by atoms with Gasteiger partial charge in [-0.3, -0.25) is 0 Å². The highest BCUT2D eigenvalue weighted by molar-refractivity contribution is 14.1. The monoisotopic (exact) mass is 340 g/mol. The van der Waals surface area contributed by atoms with Crippen LogP contribution in [0.4, 0.5) is 0 Å². The van der Waals surface area contributed by atoms with E-state index in [2.05, 4.69) is 74.4 Å². The summed E-state index contributed by atoms with van der Waals surface area (Å²) >= 11 is 2.27. The zero-order chi connectivity index (χ0) is 12.3. The minimum atomic E-state index is -1.62. The van der Waals surface area contributed by atoms with Crippen LogP contribution in [0.25, 0.3) is 0 Å². The first-order chi connectivity index (χ1) is 6.65. The molecule has 0 aliphatic rings. The van der Waals surface area contributed by atoms with E-state index in [0.717, 1.165) is 6.61 Å². The van der Waals surface area contributed by atoms with E-state index in [1.54, 1.807) is 0 Å². The Bertz CT molecular complexity index is 232. The Hall–Kier alpha value is 0.647. The highest BCUT2D eigenvalue weighted by atomic mass is 127. The molecular formula is C12H25IOSi. The molecule has 0 saturated heterocycles. The van der Waals surface area contributed by atoms with Crippen LogP contribution in [-0.4, -0.2) is 14.9 Å². The van der Waals surface area contributed by atoms with Crippen molar-refractivity contribution in [2.45, 2.75) is 52.8 Å². The van der Waals surface area contributed by atoms with Crippen LogP contribution in [0.15, 0.2) is 9.66 Å². The van der Waals surface area contributed by atoms with Crippen LogP contribution in [0, 0.1) is 5.92 Å². The third-order valence-corrected chi connectivity index (χ3v) is 9.45. The quantitative estimate of drug-likeness (QED) is 0.506. The second-order valence-electron chi connectivity index (χ2n) is 5.63. The van der Waals surface area contributed by atoms with Gasteiger partial charge in [-0.15, -0.1) is 0 Å². The summed E-state index contributed by atoms with van der Waals surface area (Å²) in [4.78, 5) is 0. The van der Waals surface area contributed by atoms with Crippen LogP contribution in [-0.2, 0) is 4.43 Å². The van der Waals surface area contributed by atoms with Gasteiger partial charge in [-0.2, -0.15) is 0 Å². The van der Waals surface area contributed by atoms with Gasteiger partial charge in [0.1, 0.15) is 0 Å². The molecule has 0 rings (SSSR count). The Morgan fingerprint density at radius 2 is 1.87 bits per heavy atom. The van der Waals surface area contributed by atoms with Crippen LogP contribution in [0.3, 0.4) is 0 Å². The number of rotatable bonds is 5. The summed E-state index contributed by atoms with van der Waals surface area (Å²) in [6.07, 6.45) is 0. The predicted molar refractivity (Wildman–Crippen MR) is 80.1 cm³/mol. The van der Waals surface area contributed by atoms with E-state index in [-0.39, 0.29) is 0 Å². The molecule has 1 nitrogen and oxygen atoms in total. The van der Waals surface area contributed by atoms with Gasteiger partial charge in [0.05, 0.1) is 6.61 Å². The molecule has 0 bridgehead atoms. The molecule has 0 heterocycles. The molecule has 0 fully saturated rings. The largest absolute Gasteiger partial charge is 0.413 e.